The van der Waals surface area contributed by atoms with Crippen LogP contribution in [0, 0.1) is 0 Å². The van der Waals surface area contributed by atoms with Crippen LogP contribution in [-0.4, -0.2) is 33.8 Å². The van der Waals surface area contributed by atoms with Crippen molar-refractivity contribution in [1.29, 1.82) is 0 Å². The summed E-state index contributed by atoms with van der Waals surface area (Å²) in [6, 6.07) is 5.56. The van der Waals surface area contributed by atoms with Crippen LogP contribution >= 0.6 is 0 Å². The molecule has 0 fully saturated rings. The highest BCUT2D eigenvalue weighted by Gasteiger charge is 2.28. The largest absolute Gasteiger partial charge is 0.423 e. The summed E-state index contributed by atoms with van der Waals surface area (Å²) in [6.07, 6.45) is -4.47. The molecule has 132 valence electrons. The molecule has 1 heterocycles. The van der Waals surface area contributed by atoms with E-state index in [4.69, 9.17) is 4.42 Å². The summed E-state index contributed by atoms with van der Waals surface area (Å²) in [5.74, 6) is 0. The minimum atomic E-state index is -4.47. The van der Waals surface area contributed by atoms with Gasteiger partial charge in [0, 0.05) is 17.5 Å². The lowest BCUT2D eigenvalue weighted by atomic mass is 10.2. The number of sulfonamides is 1. The second-order valence-electron chi connectivity index (χ2n) is 5.11. The lowest BCUT2D eigenvalue weighted by Gasteiger charge is -2.15. The number of hydrogen-bond donors (Lipinski definition) is 1. The number of hydrogen-bond acceptors (Lipinski definition) is 5. The number of nitrogens with one attached hydrogen (secondary N) is 1. The molecule has 0 aliphatic carbocycles. The molecular weight excluding hydrogens is 351 g/mol. The summed E-state index contributed by atoms with van der Waals surface area (Å²) in [6.45, 7) is -0.497. The summed E-state index contributed by atoms with van der Waals surface area (Å²) in [7, 11) is -3.96. The van der Waals surface area contributed by atoms with E-state index in [1.54, 1.807) is 0 Å². The lowest BCUT2D eigenvalue weighted by molar-refractivity contribution is -0.174. The van der Waals surface area contributed by atoms with Crippen LogP contribution < -0.4 is 10.3 Å². The van der Waals surface area contributed by atoms with E-state index in [-0.39, 0.29) is 10.5 Å². The van der Waals surface area contributed by atoms with Crippen LogP contribution in [-0.2, 0) is 14.8 Å². The highest BCUT2D eigenvalue weighted by atomic mass is 32.2. The Bertz CT molecular complexity index is 876. The zero-order chi connectivity index (χ0) is 18.0. The van der Waals surface area contributed by atoms with E-state index in [1.807, 2.05) is 0 Å². The topological polar surface area (TPSA) is 85.6 Å². The third-order valence-electron chi connectivity index (χ3n) is 2.89. The maximum atomic E-state index is 12.2. The Kier molecular flexibility index (Phi) is 5.31. The summed E-state index contributed by atoms with van der Waals surface area (Å²) in [5, 5.41) is 0.401. The highest BCUT2D eigenvalue weighted by molar-refractivity contribution is 7.89. The van der Waals surface area contributed by atoms with Crippen LogP contribution in [0.2, 0.25) is 0 Å². The predicted octanol–water partition coefficient (Wildman–Crippen LogP) is 2.04. The minimum absolute atomic E-state index is 0.105. The molecule has 0 spiro atoms. The maximum Gasteiger partial charge on any atom is 0.411 e. The van der Waals surface area contributed by atoms with Gasteiger partial charge in [0.15, 0.2) is 0 Å². The van der Waals surface area contributed by atoms with Crippen LogP contribution in [0.15, 0.2) is 44.4 Å². The number of halogens is 3. The molecule has 0 amide bonds. The molecule has 2 aromatic rings. The first kappa shape index (κ1) is 18.4. The van der Waals surface area contributed by atoms with E-state index in [2.05, 4.69) is 9.46 Å². The van der Waals surface area contributed by atoms with Gasteiger partial charge in [-0.1, -0.05) is 0 Å². The Hall–Kier alpha value is -1.91. The third kappa shape index (κ3) is 5.05. The van der Waals surface area contributed by atoms with Gasteiger partial charge in [-0.25, -0.2) is 17.9 Å². The molecule has 2 rings (SSSR count). The number of alkyl halides is 3. The molecule has 0 bridgehead atoms. The second-order valence-corrected chi connectivity index (χ2v) is 6.82. The van der Waals surface area contributed by atoms with Gasteiger partial charge in [-0.05, 0) is 31.2 Å². The number of ether oxygens (including phenoxy) is 1. The first-order valence-electron chi connectivity index (χ1n) is 6.77. The Morgan fingerprint density at radius 1 is 1.25 bits per heavy atom. The first-order chi connectivity index (χ1) is 11.1. The molecule has 0 radical (unpaired) electrons. The Morgan fingerprint density at radius 2 is 1.96 bits per heavy atom. The summed E-state index contributed by atoms with van der Waals surface area (Å²) < 4.78 is 72.0. The normalized spacial score (nSPS) is 14.0. The predicted molar refractivity (Wildman–Crippen MR) is 79.1 cm³/mol. The average molecular weight is 365 g/mol. The smallest absolute Gasteiger partial charge is 0.411 e. The van der Waals surface area contributed by atoms with Gasteiger partial charge in [-0.2, -0.15) is 13.2 Å². The quantitative estimate of drug-likeness (QED) is 0.792. The van der Waals surface area contributed by atoms with Crippen molar-refractivity contribution >= 4 is 21.0 Å². The molecule has 1 atom stereocenters. The number of benzene rings is 1. The molecule has 1 aromatic heterocycles. The second kappa shape index (κ2) is 6.91. The van der Waals surface area contributed by atoms with Gasteiger partial charge in [0.25, 0.3) is 0 Å². The van der Waals surface area contributed by atoms with Crippen molar-refractivity contribution in [2.75, 3.05) is 13.2 Å². The SMILES string of the molecule is C[C@H](COCC(F)(F)F)NS(=O)(=O)c1ccc2oc(=O)ccc2c1. The summed E-state index contributed by atoms with van der Waals surface area (Å²) in [5.41, 5.74) is -0.338. The van der Waals surface area contributed by atoms with Crippen molar-refractivity contribution in [3.63, 3.8) is 0 Å². The van der Waals surface area contributed by atoms with E-state index in [0.29, 0.717) is 5.39 Å². The van der Waals surface area contributed by atoms with Crippen molar-refractivity contribution in [3.8, 4) is 0 Å². The Labute approximate surface area is 135 Å². The van der Waals surface area contributed by atoms with Gasteiger partial charge in [0.2, 0.25) is 10.0 Å². The van der Waals surface area contributed by atoms with Crippen molar-refractivity contribution in [3.05, 3.63) is 40.8 Å². The first-order valence-corrected chi connectivity index (χ1v) is 8.26. The van der Waals surface area contributed by atoms with Gasteiger partial charge in [-0.15, -0.1) is 0 Å². The molecule has 0 unspecified atom stereocenters. The molecule has 10 heteroatoms. The summed E-state index contributed by atoms with van der Waals surface area (Å²) in [4.78, 5) is 11.0. The third-order valence-corrected chi connectivity index (χ3v) is 4.48. The van der Waals surface area contributed by atoms with Crippen LogP contribution in [0.1, 0.15) is 6.92 Å². The van der Waals surface area contributed by atoms with E-state index >= 15 is 0 Å². The molecule has 24 heavy (non-hydrogen) atoms. The fourth-order valence-electron chi connectivity index (χ4n) is 1.94. The minimum Gasteiger partial charge on any atom is -0.423 e. The molecule has 0 aliphatic heterocycles. The van der Waals surface area contributed by atoms with Crippen molar-refractivity contribution in [1.82, 2.24) is 4.72 Å². The highest BCUT2D eigenvalue weighted by Crippen LogP contribution is 2.18. The average Bonchev–Trinajstić information content (AvgIpc) is 2.44. The fraction of sp³-hybridized carbons (Fsp3) is 0.357. The van der Waals surface area contributed by atoms with Gasteiger partial charge >= 0.3 is 11.8 Å². The van der Waals surface area contributed by atoms with Crippen molar-refractivity contribution in [2.45, 2.75) is 24.0 Å². The van der Waals surface area contributed by atoms with Crippen LogP contribution in [0.25, 0.3) is 11.0 Å². The zero-order valence-electron chi connectivity index (χ0n) is 12.5. The molecule has 1 N–H and O–H groups in total. The number of fused-ring (bicyclic) bond motifs is 1. The van der Waals surface area contributed by atoms with Crippen LogP contribution in [0.3, 0.4) is 0 Å². The van der Waals surface area contributed by atoms with E-state index < -0.39 is 41.1 Å². The van der Waals surface area contributed by atoms with Gasteiger partial charge in [0.05, 0.1) is 11.5 Å². The standard InChI is InChI=1S/C14H14F3NO5S/c1-9(7-22-8-14(15,16)17)18-24(20,21)11-3-4-12-10(6-11)2-5-13(19)23-12/h2-6,9,18H,7-8H2,1H3/t9-/m1/s1. The van der Waals surface area contributed by atoms with E-state index in [1.165, 1.54) is 31.2 Å². The van der Waals surface area contributed by atoms with Gasteiger partial charge in [0.1, 0.15) is 12.2 Å². The van der Waals surface area contributed by atoms with Crippen molar-refractivity contribution in [2.24, 2.45) is 0 Å². The van der Waals surface area contributed by atoms with E-state index in [9.17, 15) is 26.4 Å². The molecule has 0 aliphatic rings. The molecule has 0 saturated heterocycles. The van der Waals surface area contributed by atoms with E-state index in [0.717, 1.165) is 6.07 Å². The maximum absolute atomic E-state index is 12.2. The van der Waals surface area contributed by atoms with Crippen LogP contribution in [0.5, 0.6) is 0 Å². The lowest BCUT2D eigenvalue weighted by Crippen LogP contribution is -2.36. The molecular formula is C14H14F3NO5S. The summed E-state index contributed by atoms with van der Waals surface area (Å²) >= 11 is 0. The number of rotatable bonds is 6. The van der Waals surface area contributed by atoms with Crippen LogP contribution in [0.4, 0.5) is 13.2 Å². The Morgan fingerprint density at radius 3 is 2.62 bits per heavy atom. The molecule has 0 saturated carbocycles. The Balaban J connectivity index is 2.09. The molecule has 1 aromatic carbocycles. The van der Waals surface area contributed by atoms with Crippen molar-refractivity contribution < 1.29 is 30.7 Å². The monoisotopic (exact) mass is 365 g/mol. The van der Waals surface area contributed by atoms with Gasteiger partial charge in [-0.3, -0.25) is 0 Å². The molecule has 6 nitrogen and oxygen atoms in total. The zero-order valence-corrected chi connectivity index (χ0v) is 13.3. The fourth-order valence-corrected chi connectivity index (χ4v) is 3.20. The van der Waals surface area contributed by atoms with Gasteiger partial charge < -0.3 is 9.15 Å².